The van der Waals surface area contributed by atoms with Crippen LogP contribution in [0, 0.1) is 10.8 Å². The number of urea groups is 1. The van der Waals surface area contributed by atoms with Crippen LogP contribution in [0.15, 0.2) is 0 Å². The predicted octanol–water partition coefficient (Wildman–Crippen LogP) is 1.60. The Hall–Kier alpha value is -1.30. The fourth-order valence-corrected chi connectivity index (χ4v) is 1.98. The van der Waals surface area contributed by atoms with Crippen molar-refractivity contribution in [2.45, 2.75) is 40.0 Å². The van der Waals surface area contributed by atoms with Crippen LogP contribution < -0.4 is 10.6 Å². The predicted molar refractivity (Wildman–Crippen MR) is 75.6 cm³/mol. The minimum Gasteiger partial charge on any atom is -0.481 e. The van der Waals surface area contributed by atoms with Gasteiger partial charge in [0, 0.05) is 26.3 Å². The highest BCUT2D eigenvalue weighted by Crippen LogP contribution is 2.30. The lowest BCUT2D eigenvalue weighted by Crippen LogP contribution is -2.49. The molecule has 1 aliphatic rings. The molecule has 20 heavy (non-hydrogen) atoms. The summed E-state index contributed by atoms with van der Waals surface area (Å²) in [5, 5.41) is 14.9. The third-order valence-electron chi connectivity index (χ3n) is 4.18. The molecule has 6 nitrogen and oxygen atoms in total. The quantitative estimate of drug-likeness (QED) is 0.692. The van der Waals surface area contributed by atoms with Crippen molar-refractivity contribution in [3.8, 4) is 0 Å². The summed E-state index contributed by atoms with van der Waals surface area (Å²) >= 11 is 0. The molecule has 1 heterocycles. The van der Waals surface area contributed by atoms with Gasteiger partial charge in [0.15, 0.2) is 0 Å². The van der Waals surface area contributed by atoms with Gasteiger partial charge in [-0.2, -0.15) is 0 Å². The molecule has 0 saturated carbocycles. The molecular formula is C14H26N2O4. The highest BCUT2D eigenvalue weighted by atomic mass is 16.5. The van der Waals surface area contributed by atoms with E-state index in [1.165, 1.54) is 0 Å². The van der Waals surface area contributed by atoms with E-state index in [-0.39, 0.29) is 18.0 Å². The van der Waals surface area contributed by atoms with Crippen molar-refractivity contribution in [2.24, 2.45) is 10.8 Å². The molecule has 116 valence electrons. The van der Waals surface area contributed by atoms with Crippen molar-refractivity contribution in [3.63, 3.8) is 0 Å². The first-order chi connectivity index (χ1) is 9.31. The molecular weight excluding hydrogens is 260 g/mol. The van der Waals surface area contributed by atoms with Crippen LogP contribution >= 0.6 is 0 Å². The lowest BCUT2D eigenvalue weighted by Gasteiger charge is -2.33. The number of hydrogen-bond acceptors (Lipinski definition) is 3. The molecule has 3 N–H and O–H groups in total. The van der Waals surface area contributed by atoms with Crippen LogP contribution in [0.1, 0.15) is 40.0 Å². The van der Waals surface area contributed by atoms with Crippen molar-refractivity contribution in [2.75, 3.05) is 26.3 Å². The lowest BCUT2D eigenvalue weighted by atomic mass is 9.80. The molecule has 0 aliphatic carbocycles. The Balaban J connectivity index is 2.44. The monoisotopic (exact) mass is 286 g/mol. The van der Waals surface area contributed by atoms with Gasteiger partial charge >= 0.3 is 12.0 Å². The molecule has 2 amide bonds. The molecule has 0 unspecified atom stereocenters. The Bertz CT molecular complexity index is 349. The topological polar surface area (TPSA) is 87.7 Å². The molecule has 1 saturated heterocycles. The molecule has 0 aromatic rings. The number of carbonyl (C=O) groups is 2. The van der Waals surface area contributed by atoms with E-state index in [1.807, 2.05) is 0 Å². The fourth-order valence-electron chi connectivity index (χ4n) is 1.98. The van der Waals surface area contributed by atoms with Crippen LogP contribution in [0.4, 0.5) is 4.79 Å². The first kappa shape index (κ1) is 16.8. The highest BCUT2D eigenvalue weighted by Gasteiger charge is 2.40. The number of carboxylic acids is 1. The zero-order valence-electron chi connectivity index (χ0n) is 12.6. The number of aliphatic carboxylic acids is 1. The molecule has 1 aliphatic heterocycles. The van der Waals surface area contributed by atoms with Crippen molar-refractivity contribution in [3.05, 3.63) is 0 Å². The van der Waals surface area contributed by atoms with Crippen molar-refractivity contribution >= 4 is 12.0 Å². The van der Waals surface area contributed by atoms with Gasteiger partial charge in [-0.05, 0) is 24.7 Å². The fraction of sp³-hybridized carbons (Fsp3) is 0.857. The summed E-state index contributed by atoms with van der Waals surface area (Å²) in [7, 11) is 0. The van der Waals surface area contributed by atoms with Crippen LogP contribution in [0.25, 0.3) is 0 Å². The van der Waals surface area contributed by atoms with Gasteiger partial charge in [0.05, 0.1) is 5.41 Å². The van der Waals surface area contributed by atoms with E-state index >= 15 is 0 Å². The first-order valence-corrected chi connectivity index (χ1v) is 7.14. The SMILES string of the molecule is CCC(C)(C)CNC(=O)NCC1(C(=O)O)CCOCC1. The maximum atomic E-state index is 11.8. The summed E-state index contributed by atoms with van der Waals surface area (Å²) in [4.78, 5) is 23.2. The van der Waals surface area contributed by atoms with E-state index in [1.54, 1.807) is 0 Å². The molecule has 0 spiro atoms. The maximum Gasteiger partial charge on any atom is 0.314 e. The Labute approximate surface area is 120 Å². The Kier molecular flexibility index (Phi) is 5.80. The van der Waals surface area contributed by atoms with E-state index in [0.29, 0.717) is 32.6 Å². The number of carbonyl (C=O) groups excluding carboxylic acids is 1. The van der Waals surface area contributed by atoms with Gasteiger partial charge in [0.25, 0.3) is 0 Å². The highest BCUT2D eigenvalue weighted by molar-refractivity contribution is 5.78. The number of hydrogen-bond donors (Lipinski definition) is 3. The second kappa shape index (κ2) is 6.92. The normalized spacial score (nSPS) is 18.4. The van der Waals surface area contributed by atoms with Crippen LogP contribution in [0.5, 0.6) is 0 Å². The minimum absolute atomic E-state index is 0.0422. The number of amides is 2. The standard InChI is InChI=1S/C14H26N2O4/c1-4-13(2,3)9-15-12(19)16-10-14(11(17)18)5-7-20-8-6-14/h4-10H2,1-3H3,(H,17,18)(H2,15,16,19). The van der Waals surface area contributed by atoms with E-state index in [2.05, 4.69) is 31.4 Å². The minimum atomic E-state index is -0.893. The molecule has 0 atom stereocenters. The second-order valence-corrected chi connectivity index (χ2v) is 6.25. The Morgan fingerprint density at radius 1 is 1.25 bits per heavy atom. The molecule has 0 bridgehead atoms. The van der Waals surface area contributed by atoms with Crippen LogP contribution in [0.2, 0.25) is 0 Å². The number of rotatable bonds is 6. The zero-order chi connectivity index (χ0) is 15.2. The van der Waals surface area contributed by atoms with Gasteiger partial charge in [-0.3, -0.25) is 4.79 Å². The summed E-state index contributed by atoms with van der Waals surface area (Å²) in [5.74, 6) is -0.866. The molecule has 0 aromatic carbocycles. The lowest BCUT2D eigenvalue weighted by molar-refractivity contribution is -0.154. The molecule has 1 fully saturated rings. The number of ether oxygens (including phenoxy) is 1. The van der Waals surface area contributed by atoms with Crippen LogP contribution in [-0.4, -0.2) is 43.4 Å². The number of carboxylic acid groups (broad SMARTS) is 1. The number of nitrogens with one attached hydrogen (secondary N) is 2. The summed E-state index contributed by atoms with van der Waals surface area (Å²) in [6.45, 7) is 7.79. The van der Waals surface area contributed by atoms with Gasteiger partial charge in [-0.1, -0.05) is 20.8 Å². The Morgan fingerprint density at radius 2 is 1.85 bits per heavy atom. The van der Waals surface area contributed by atoms with E-state index in [9.17, 15) is 14.7 Å². The summed E-state index contributed by atoms with van der Waals surface area (Å²) in [5.41, 5.74) is -0.851. The third-order valence-corrected chi connectivity index (χ3v) is 4.18. The smallest absolute Gasteiger partial charge is 0.314 e. The van der Waals surface area contributed by atoms with Crippen LogP contribution in [-0.2, 0) is 9.53 Å². The van der Waals surface area contributed by atoms with E-state index in [4.69, 9.17) is 4.74 Å². The van der Waals surface area contributed by atoms with Crippen molar-refractivity contribution in [1.82, 2.24) is 10.6 Å². The summed E-state index contributed by atoms with van der Waals surface area (Å²) < 4.78 is 5.20. The van der Waals surface area contributed by atoms with Crippen molar-refractivity contribution in [1.29, 1.82) is 0 Å². The van der Waals surface area contributed by atoms with Gasteiger partial charge in [0.1, 0.15) is 0 Å². The zero-order valence-corrected chi connectivity index (χ0v) is 12.6. The molecule has 0 radical (unpaired) electrons. The van der Waals surface area contributed by atoms with Gasteiger partial charge in [-0.25, -0.2) is 4.79 Å². The first-order valence-electron chi connectivity index (χ1n) is 7.14. The molecule has 6 heteroatoms. The van der Waals surface area contributed by atoms with E-state index < -0.39 is 11.4 Å². The Morgan fingerprint density at radius 3 is 2.35 bits per heavy atom. The summed E-state index contributed by atoms with van der Waals surface area (Å²) in [6, 6.07) is -0.307. The van der Waals surface area contributed by atoms with E-state index in [0.717, 1.165) is 6.42 Å². The average Bonchev–Trinajstić information content (AvgIpc) is 2.44. The van der Waals surface area contributed by atoms with Gasteiger partial charge in [0.2, 0.25) is 0 Å². The van der Waals surface area contributed by atoms with Gasteiger partial charge in [-0.15, -0.1) is 0 Å². The van der Waals surface area contributed by atoms with Gasteiger partial charge < -0.3 is 20.5 Å². The van der Waals surface area contributed by atoms with Crippen LogP contribution in [0.3, 0.4) is 0 Å². The van der Waals surface area contributed by atoms with Crippen molar-refractivity contribution < 1.29 is 19.4 Å². The average molecular weight is 286 g/mol. The second-order valence-electron chi connectivity index (χ2n) is 6.25. The summed E-state index contributed by atoms with van der Waals surface area (Å²) in [6.07, 6.45) is 1.83. The largest absolute Gasteiger partial charge is 0.481 e. The molecule has 1 rings (SSSR count). The molecule has 0 aromatic heterocycles. The third kappa shape index (κ3) is 4.67. The maximum absolute atomic E-state index is 11.8.